The average molecular weight is 463 g/mol. The molecule has 14 heteroatoms. The second-order valence-electron chi connectivity index (χ2n) is 7.37. The number of nitro benzene ring substituents is 1. The van der Waals surface area contributed by atoms with Crippen LogP contribution in [0.2, 0.25) is 0 Å². The fraction of sp³-hybridized carbons (Fsp3) is 0.667. The highest BCUT2D eigenvalue weighted by Gasteiger charge is 2.51. The monoisotopic (exact) mass is 463 g/mol. The number of nitro groups is 1. The third-order valence-electron chi connectivity index (χ3n) is 5.26. The molecule has 32 heavy (non-hydrogen) atoms. The molecule has 10 atom stereocenters. The summed E-state index contributed by atoms with van der Waals surface area (Å²) in [6.45, 7) is -1.42. The Bertz CT molecular complexity index is 760. The maximum atomic E-state index is 10.7. The van der Waals surface area contributed by atoms with Gasteiger partial charge in [-0.05, 0) is 12.1 Å². The number of aliphatic hydroxyl groups excluding tert-OH is 7. The molecule has 7 N–H and O–H groups in total. The van der Waals surface area contributed by atoms with Crippen LogP contribution in [-0.2, 0) is 14.2 Å². The highest BCUT2D eigenvalue weighted by atomic mass is 16.7. The molecule has 180 valence electrons. The summed E-state index contributed by atoms with van der Waals surface area (Å²) in [4.78, 5) is 10.1. The van der Waals surface area contributed by atoms with E-state index in [1.54, 1.807) is 0 Å². The molecule has 1 aromatic carbocycles. The molecule has 2 aliphatic rings. The Kier molecular flexibility index (Phi) is 7.94. The van der Waals surface area contributed by atoms with E-state index in [1.165, 1.54) is 12.1 Å². The average Bonchev–Trinajstić information content (AvgIpc) is 2.79. The molecule has 0 radical (unpaired) electrons. The van der Waals surface area contributed by atoms with E-state index in [9.17, 15) is 45.9 Å². The van der Waals surface area contributed by atoms with Crippen LogP contribution in [0.25, 0.3) is 0 Å². The first-order valence-electron chi connectivity index (χ1n) is 9.67. The Labute approximate surface area is 180 Å². The Morgan fingerprint density at radius 2 is 1.38 bits per heavy atom. The van der Waals surface area contributed by atoms with E-state index in [2.05, 4.69) is 0 Å². The molecule has 0 unspecified atom stereocenters. The Balaban J connectivity index is 1.70. The van der Waals surface area contributed by atoms with Gasteiger partial charge in [-0.25, -0.2) is 0 Å². The summed E-state index contributed by atoms with van der Waals surface area (Å²) < 4.78 is 21.5. The van der Waals surface area contributed by atoms with Crippen LogP contribution in [0.1, 0.15) is 0 Å². The molecule has 0 amide bonds. The second kappa shape index (κ2) is 10.3. The summed E-state index contributed by atoms with van der Waals surface area (Å²) in [6, 6.07) is 4.83. The van der Waals surface area contributed by atoms with Gasteiger partial charge in [0, 0.05) is 12.1 Å². The smallest absolute Gasteiger partial charge is 0.269 e. The summed E-state index contributed by atoms with van der Waals surface area (Å²) in [6.07, 6.45) is -15.7. The van der Waals surface area contributed by atoms with Gasteiger partial charge >= 0.3 is 0 Å². The third-order valence-corrected chi connectivity index (χ3v) is 5.26. The van der Waals surface area contributed by atoms with Crippen molar-refractivity contribution < 1.29 is 59.6 Å². The molecule has 0 aliphatic carbocycles. The minimum Gasteiger partial charge on any atom is -0.462 e. The first-order chi connectivity index (χ1) is 15.2. The van der Waals surface area contributed by atoms with Gasteiger partial charge in [-0.2, -0.15) is 0 Å². The zero-order valence-electron chi connectivity index (χ0n) is 16.5. The number of non-ortho nitro benzene ring substituents is 1. The van der Waals surface area contributed by atoms with Crippen molar-refractivity contribution in [2.45, 2.75) is 61.4 Å². The molecule has 1 aromatic rings. The van der Waals surface area contributed by atoms with Gasteiger partial charge in [0.1, 0.15) is 54.6 Å². The maximum absolute atomic E-state index is 10.7. The molecule has 2 heterocycles. The van der Waals surface area contributed by atoms with Gasteiger partial charge in [0.05, 0.1) is 18.1 Å². The van der Waals surface area contributed by atoms with E-state index in [1.807, 2.05) is 0 Å². The van der Waals surface area contributed by atoms with Crippen molar-refractivity contribution in [3.63, 3.8) is 0 Å². The van der Waals surface area contributed by atoms with Crippen LogP contribution >= 0.6 is 0 Å². The summed E-state index contributed by atoms with van der Waals surface area (Å²) in [5.74, 6) is 0.0804. The standard InChI is InChI=1S/C18H25NO13/c20-5-9-11(22)12(23)14(25)18(30-9)32-16-10(6-21)31-17(15(26)13(16)24)29-8-3-1-7(2-4-8)19(27)28/h1-4,9-18,20-26H,5-6H2/t9-,10-,11-,12-,13+,14-,15-,16-,17+,18-/m1/s1. The van der Waals surface area contributed by atoms with E-state index >= 15 is 0 Å². The number of rotatable bonds is 7. The van der Waals surface area contributed by atoms with Crippen molar-refractivity contribution in [1.82, 2.24) is 0 Å². The lowest BCUT2D eigenvalue weighted by molar-refractivity contribution is -0.384. The van der Waals surface area contributed by atoms with Crippen molar-refractivity contribution in [2.24, 2.45) is 0 Å². The molecule has 2 saturated heterocycles. The number of ether oxygens (including phenoxy) is 4. The van der Waals surface area contributed by atoms with Crippen LogP contribution in [0.4, 0.5) is 5.69 Å². The zero-order valence-corrected chi connectivity index (χ0v) is 16.5. The third kappa shape index (κ3) is 4.99. The fourth-order valence-corrected chi connectivity index (χ4v) is 3.43. The quantitative estimate of drug-likeness (QED) is 0.155. The van der Waals surface area contributed by atoms with Gasteiger partial charge in [-0.15, -0.1) is 0 Å². The summed E-state index contributed by atoms with van der Waals surface area (Å²) in [5.41, 5.74) is -0.191. The van der Waals surface area contributed by atoms with Crippen LogP contribution in [0.5, 0.6) is 5.75 Å². The Morgan fingerprint density at radius 3 is 1.94 bits per heavy atom. The first-order valence-corrected chi connectivity index (χ1v) is 9.67. The fourth-order valence-electron chi connectivity index (χ4n) is 3.43. The summed E-state index contributed by atoms with van der Waals surface area (Å²) in [7, 11) is 0. The molecule has 0 saturated carbocycles. The van der Waals surface area contributed by atoms with Gasteiger partial charge in [0.15, 0.2) is 6.29 Å². The molecule has 2 fully saturated rings. The zero-order chi connectivity index (χ0) is 23.6. The Morgan fingerprint density at radius 1 is 0.812 bits per heavy atom. The molecule has 0 bridgehead atoms. The molecular formula is C18H25NO13. The number of nitrogens with zero attached hydrogens (tertiary/aromatic N) is 1. The van der Waals surface area contributed by atoms with Crippen molar-refractivity contribution in [2.75, 3.05) is 13.2 Å². The van der Waals surface area contributed by atoms with Crippen LogP contribution < -0.4 is 4.74 Å². The lowest BCUT2D eigenvalue weighted by Gasteiger charge is -2.45. The lowest BCUT2D eigenvalue weighted by atomic mass is 9.97. The number of hydrogen-bond donors (Lipinski definition) is 7. The van der Waals surface area contributed by atoms with E-state index in [4.69, 9.17) is 18.9 Å². The van der Waals surface area contributed by atoms with Gasteiger partial charge in [0.25, 0.3) is 5.69 Å². The van der Waals surface area contributed by atoms with E-state index in [0.29, 0.717) is 0 Å². The molecular weight excluding hydrogens is 438 g/mol. The predicted octanol–water partition coefficient (Wildman–Crippen LogP) is -3.40. The summed E-state index contributed by atoms with van der Waals surface area (Å²) >= 11 is 0. The highest BCUT2D eigenvalue weighted by Crippen LogP contribution is 2.30. The number of benzene rings is 1. The SMILES string of the molecule is O=[N+]([O-])c1ccc(O[C@H]2O[C@H](CO)[C@@H](O[C@H]3O[C@H](CO)[C@@H](O)[C@@H](O)[C@H]3O)[C@@H](O)[C@H]2O)cc1. The van der Waals surface area contributed by atoms with Gasteiger partial charge < -0.3 is 54.7 Å². The van der Waals surface area contributed by atoms with Crippen LogP contribution in [0.15, 0.2) is 24.3 Å². The second-order valence-corrected chi connectivity index (χ2v) is 7.37. The minimum absolute atomic E-state index is 0.0804. The molecule has 0 aromatic heterocycles. The van der Waals surface area contributed by atoms with Crippen LogP contribution in [0, 0.1) is 10.1 Å². The van der Waals surface area contributed by atoms with Crippen molar-refractivity contribution in [3.8, 4) is 5.75 Å². The van der Waals surface area contributed by atoms with E-state index < -0.39 is 79.5 Å². The molecule has 3 rings (SSSR count). The topological polar surface area (TPSA) is 222 Å². The number of hydrogen-bond acceptors (Lipinski definition) is 13. The van der Waals surface area contributed by atoms with Gasteiger partial charge in [-0.1, -0.05) is 0 Å². The predicted molar refractivity (Wildman–Crippen MR) is 100 cm³/mol. The first kappa shape index (κ1) is 24.7. The normalized spacial score (nSPS) is 40.1. The maximum Gasteiger partial charge on any atom is 0.269 e. The van der Waals surface area contributed by atoms with Gasteiger partial charge in [-0.3, -0.25) is 10.1 Å². The van der Waals surface area contributed by atoms with E-state index in [-0.39, 0.29) is 11.4 Å². The molecule has 0 spiro atoms. The van der Waals surface area contributed by atoms with Crippen molar-refractivity contribution >= 4 is 5.69 Å². The Hall–Kier alpha value is -1.98. The molecule has 2 aliphatic heterocycles. The van der Waals surface area contributed by atoms with Gasteiger partial charge in [0.2, 0.25) is 6.29 Å². The van der Waals surface area contributed by atoms with Crippen LogP contribution in [0.3, 0.4) is 0 Å². The largest absolute Gasteiger partial charge is 0.462 e. The lowest BCUT2D eigenvalue weighted by Crippen LogP contribution is -2.65. The highest BCUT2D eigenvalue weighted by molar-refractivity contribution is 5.36. The van der Waals surface area contributed by atoms with Crippen molar-refractivity contribution in [1.29, 1.82) is 0 Å². The molecule has 14 nitrogen and oxygen atoms in total. The number of aliphatic hydroxyl groups is 7. The minimum atomic E-state index is -1.77. The van der Waals surface area contributed by atoms with E-state index in [0.717, 1.165) is 12.1 Å². The summed E-state index contributed by atoms with van der Waals surface area (Å²) in [5, 5.41) is 80.4. The van der Waals surface area contributed by atoms with Crippen molar-refractivity contribution in [3.05, 3.63) is 34.4 Å². The van der Waals surface area contributed by atoms with Crippen LogP contribution in [-0.4, -0.2) is 115 Å².